The number of nitrogens with zero attached hydrogens (tertiary/aromatic N) is 3. The fourth-order valence-corrected chi connectivity index (χ4v) is 2.52. The Hall–Kier alpha value is -2.89. The van der Waals surface area contributed by atoms with Gasteiger partial charge in [-0.2, -0.15) is 0 Å². The monoisotopic (exact) mass is 311 g/mol. The molecule has 118 valence electrons. The molecule has 2 aromatic heterocycles. The fraction of sp³-hybridized carbons (Fsp3) is 0.235. The van der Waals surface area contributed by atoms with Crippen LogP contribution in [0.15, 0.2) is 36.5 Å². The van der Waals surface area contributed by atoms with Crippen LogP contribution in [-0.4, -0.2) is 32.7 Å². The molecular weight excluding hydrogens is 294 g/mol. The molecule has 0 aliphatic rings. The average molecular weight is 311 g/mol. The number of pyridine rings is 1. The van der Waals surface area contributed by atoms with Gasteiger partial charge in [-0.1, -0.05) is 12.1 Å². The molecule has 1 aromatic carbocycles. The van der Waals surface area contributed by atoms with E-state index >= 15 is 0 Å². The van der Waals surface area contributed by atoms with Gasteiger partial charge in [-0.15, -0.1) is 0 Å². The number of methoxy groups -OCH3 is 1. The first kappa shape index (κ1) is 15.0. The standard InChI is InChI=1S/C17H17N3O3/c1-11-7-14-17(18-9-11)20(10-16(21)22)15(19-14)8-12-3-5-13(23-2)6-4-12/h3-7,9H,8,10H2,1-2H3,(H,21,22). The Kier molecular flexibility index (Phi) is 3.97. The molecule has 0 amide bonds. The van der Waals surface area contributed by atoms with Crippen molar-refractivity contribution in [1.29, 1.82) is 0 Å². The zero-order valence-electron chi connectivity index (χ0n) is 13.0. The summed E-state index contributed by atoms with van der Waals surface area (Å²) in [5, 5.41) is 9.17. The summed E-state index contributed by atoms with van der Waals surface area (Å²) in [6, 6.07) is 9.56. The lowest BCUT2D eigenvalue weighted by molar-refractivity contribution is -0.137. The molecule has 0 radical (unpaired) electrons. The van der Waals surface area contributed by atoms with Crippen LogP contribution in [0.3, 0.4) is 0 Å². The number of ether oxygens (including phenoxy) is 1. The molecule has 3 aromatic rings. The Morgan fingerprint density at radius 3 is 2.70 bits per heavy atom. The number of carboxylic acids is 1. The van der Waals surface area contributed by atoms with E-state index in [9.17, 15) is 4.79 Å². The summed E-state index contributed by atoms with van der Waals surface area (Å²) in [6.07, 6.45) is 2.26. The molecule has 0 aliphatic heterocycles. The molecule has 3 rings (SSSR count). The number of aliphatic carboxylic acids is 1. The lowest BCUT2D eigenvalue weighted by atomic mass is 10.1. The number of aryl methyl sites for hydroxylation is 1. The smallest absolute Gasteiger partial charge is 0.323 e. The maximum atomic E-state index is 11.2. The van der Waals surface area contributed by atoms with Crippen molar-refractivity contribution in [3.05, 3.63) is 53.5 Å². The molecule has 23 heavy (non-hydrogen) atoms. The van der Waals surface area contributed by atoms with Gasteiger partial charge in [-0.3, -0.25) is 4.79 Å². The van der Waals surface area contributed by atoms with Gasteiger partial charge in [0.1, 0.15) is 23.6 Å². The zero-order valence-corrected chi connectivity index (χ0v) is 13.0. The lowest BCUT2D eigenvalue weighted by Gasteiger charge is -2.07. The molecule has 0 unspecified atom stereocenters. The molecular formula is C17H17N3O3. The van der Waals surface area contributed by atoms with E-state index in [1.807, 2.05) is 37.3 Å². The number of hydrogen-bond acceptors (Lipinski definition) is 4. The van der Waals surface area contributed by atoms with Crippen LogP contribution in [0.1, 0.15) is 17.0 Å². The molecule has 0 atom stereocenters. The van der Waals surface area contributed by atoms with E-state index in [0.717, 1.165) is 22.4 Å². The van der Waals surface area contributed by atoms with Gasteiger partial charge < -0.3 is 14.4 Å². The molecule has 0 saturated carbocycles. The SMILES string of the molecule is COc1ccc(Cc2nc3cc(C)cnc3n2CC(=O)O)cc1. The first-order valence-corrected chi connectivity index (χ1v) is 7.23. The van der Waals surface area contributed by atoms with E-state index in [1.165, 1.54) is 0 Å². The highest BCUT2D eigenvalue weighted by Gasteiger charge is 2.15. The molecule has 0 aliphatic carbocycles. The molecule has 0 spiro atoms. The third-order valence-electron chi connectivity index (χ3n) is 3.62. The molecule has 6 nitrogen and oxygen atoms in total. The van der Waals surface area contributed by atoms with Crippen LogP contribution in [0.25, 0.3) is 11.2 Å². The number of fused-ring (bicyclic) bond motifs is 1. The number of benzene rings is 1. The van der Waals surface area contributed by atoms with Crippen molar-refractivity contribution >= 4 is 17.1 Å². The maximum Gasteiger partial charge on any atom is 0.323 e. The van der Waals surface area contributed by atoms with Crippen molar-refractivity contribution in [2.24, 2.45) is 0 Å². The van der Waals surface area contributed by atoms with Crippen molar-refractivity contribution in [1.82, 2.24) is 14.5 Å². The summed E-state index contributed by atoms with van der Waals surface area (Å²) in [6.45, 7) is 1.78. The van der Waals surface area contributed by atoms with Gasteiger partial charge in [0.05, 0.1) is 7.11 Å². The Bertz CT molecular complexity index is 853. The van der Waals surface area contributed by atoms with Crippen molar-refractivity contribution in [2.45, 2.75) is 19.9 Å². The molecule has 0 fully saturated rings. The Morgan fingerprint density at radius 2 is 2.04 bits per heavy atom. The molecule has 2 heterocycles. The number of rotatable bonds is 5. The number of hydrogen-bond donors (Lipinski definition) is 1. The Labute approximate surface area is 133 Å². The highest BCUT2D eigenvalue weighted by Crippen LogP contribution is 2.19. The lowest BCUT2D eigenvalue weighted by Crippen LogP contribution is -2.12. The highest BCUT2D eigenvalue weighted by atomic mass is 16.5. The van der Waals surface area contributed by atoms with Crippen LogP contribution in [0.4, 0.5) is 0 Å². The van der Waals surface area contributed by atoms with Crippen molar-refractivity contribution in [3.8, 4) is 5.75 Å². The summed E-state index contributed by atoms with van der Waals surface area (Å²) in [4.78, 5) is 20.1. The largest absolute Gasteiger partial charge is 0.497 e. The second kappa shape index (κ2) is 6.08. The first-order chi connectivity index (χ1) is 11.1. The second-order valence-electron chi connectivity index (χ2n) is 5.39. The predicted molar refractivity (Wildman–Crippen MR) is 85.7 cm³/mol. The normalized spacial score (nSPS) is 10.9. The number of aromatic nitrogens is 3. The van der Waals surface area contributed by atoms with Crippen molar-refractivity contribution in [3.63, 3.8) is 0 Å². The fourth-order valence-electron chi connectivity index (χ4n) is 2.52. The van der Waals surface area contributed by atoms with E-state index in [-0.39, 0.29) is 6.54 Å². The molecule has 0 saturated heterocycles. The van der Waals surface area contributed by atoms with E-state index in [0.29, 0.717) is 17.9 Å². The minimum Gasteiger partial charge on any atom is -0.497 e. The number of carbonyl (C=O) groups is 1. The Morgan fingerprint density at radius 1 is 1.30 bits per heavy atom. The van der Waals surface area contributed by atoms with Gasteiger partial charge >= 0.3 is 5.97 Å². The van der Waals surface area contributed by atoms with Crippen LogP contribution in [0, 0.1) is 6.92 Å². The second-order valence-corrected chi connectivity index (χ2v) is 5.39. The van der Waals surface area contributed by atoms with Crippen LogP contribution in [0.2, 0.25) is 0 Å². The quantitative estimate of drug-likeness (QED) is 0.783. The summed E-state index contributed by atoms with van der Waals surface area (Å²) >= 11 is 0. The predicted octanol–water partition coefficient (Wildman–Crippen LogP) is 2.42. The summed E-state index contributed by atoms with van der Waals surface area (Å²) in [5.41, 5.74) is 3.34. The third-order valence-corrected chi connectivity index (χ3v) is 3.62. The van der Waals surface area contributed by atoms with E-state index in [4.69, 9.17) is 9.84 Å². The zero-order chi connectivity index (χ0) is 16.4. The van der Waals surface area contributed by atoms with Gasteiger partial charge in [0.2, 0.25) is 0 Å². The minimum absolute atomic E-state index is 0.155. The van der Waals surface area contributed by atoms with Gasteiger partial charge in [-0.25, -0.2) is 9.97 Å². The van der Waals surface area contributed by atoms with Crippen LogP contribution >= 0.6 is 0 Å². The van der Waals surface area contributed by atoms with Gasteiger partial charge in [0, 0.05) is 12.6 Å². The van der Waals surface area contributed by atoms with E-state index in [1.54, 1.807) is 17.9 Å². The third kappa shape index (κ3) is 3.15. The van der Waals surface area contributed by atoms with Gasteiger partial charge in [0.25, 0.3) is 0 Å². The van der Waals surface area contributed by atoms with Gasteiger partial charge in [-0.05, 0) is 36.2 Å². The Balaban J connectivity index is 2.02. The topological polar surface area (TPSA) is 77.2 Å². The van der Waals surface area contributed by atoms with E-state index in [2.05, 4.69) is 9.97 Å². The van der Waals surface area contributed by atoms with Crippen LogP contribution < -0.4 is 4.74 Å². The minimum atomic E-state index is -0.914. The van der Waals surface area contributed by atoms with Crippen LogP contribution in [-0.2, 0) is 17.8 Å². The molecule has 6 heteroatoms. The summed E-state index contributed by atoms with van der Waals surface area (Å²) in [7, 11) is 1.62. The highest BCUT2D eigenvalue weighted by molar-refractivity contribution is 5.75. The summed E-state index contributed by atoms with van der Waals surface area (Å²) in [5.74, 6) is 0.554. The summed E-state index contributed by atoms with van der Waals surface area (Å²) < 4.78 is 6.80. The van der Waals surface area contributed by atoms with E-state index < -0.39 is 5.97 Å². The average Bonchev–Trinajstić information content (AvgIpc) is 2.84. The van der Waals surface area contributed by atoms with Crippen molar-refractivity contribution in [2.75, 3.05) is 7.11 Å². The van der Waals surface area contributed by atoms with Gasteiger partial charge in [0.15, 0.2) is 5.65 Å². The van der Waals surface area contributed by atoms with Crippen LogP contribution in [0.5, 0.6) is 5.75 Å². The molecule has 1 N–H and O–H groups in total. The van der Waals surface area contributed by atoms with Crippen molar-refractivity contribution < 1.29 is 14.6 Å². The number of imidazole rings is 1. The number of carboxylic acid groups (broad SMARTS) is 1. The maximum absolute atomic E-state index is 11.2. The molecule has 0 bridgehead atoms. The first-order valence-electron chi connectivity index (χ1n) is 7.23.